The number of ether oxygens (including phenoxy) is 2. The lowest BCUT2D eigenvalue weighted by Gasteiger charge is -2.49. The largest absolute Gasteiger partial charge is 0.465 e. The first-order chi connectivity index (χ1) is 9.92. The number of morpholine rings is 1. The van der Waals surface area contributed by atoms with Crippen molar-refractivity contribution in [3.8, 4) is 0 Å². The number of halogens is 3. The summed E-state index contributed by atoms with van der Waals surface area (Å²) >= 11 is 0. The summed E-state index contributed by atoms with van der Waals surface area (Å²) in [5.41, 5.74) is -3.49. The quantitative estimate of drug-likeness (QED) is 0.728. The number of nitrogens with zero attached hydrogens (tertiary/aromatic N) is 1. The van der Waals surface area contributed by atoms with Gasteiger partial charge in [0, 0.05) is 18.9 Å². The zero-order chi connectivity index (χ0) is 16.8. The minimum atomic E-state index is -4.57. The van der Waals surface area contributed by atoms with E-state index in [2.05, 4.69) is 0 Å². The van der Waals surface area contributed by atoms with Crippen molar-refractivity contribution in [1.82, 2.24) is 4.90 Å². The van der Waals surface area contributed by atoms with Crippen molar-refractivity contribution >= 4 is 11.9 Å². The fourth-order valence-corrected chi connectivity index (χ4v) is 2.95. The van der Waals surface area contributed by atoms with Crippen molar-refractivity contribution < 1.29 is 32.2 Å². The monoisotopic (exact) mass is 323 g/mol. The third kappa shape index (κ3) is 3.53. The topological polar surface area (TPSA) is 55.8 Å². The Bertz CT molecular complexity index is 477. The average Bonchev–Trinajstić information content (AvgIpc) is 2.70. The highest BCUT2D eigenvalue weighted by molar-refractivity contribution is 5.79. The number of hydrogen-bond acceptors (Lipinski definition) is 4. The molecule has 0 aromatic heterocycles. The van der Waals surface area contributed by atoms with E-state index < -0.39 is 29.8 Å². The van der Waals surface area contributed by atoms with E-state index in [-0.39, 0.29) is 37.9 Å². The van der Waals surface area contributed by atoms with Crippen LogP contribution in [-0.4, -0.2) is 53.9 Å². The number of hydrogen-bond donors (Lipinski definition) is 0. The Labute approximate surface area is 126 Å². The molecule has 0 radical (unpaired) electrons. The van der Waals surface area contributed by atoms with Crippen LogP contribution in [-0.2, 0) is 19.1 Å². The molecule has 1 amide bonds. The van der Waals surface area contributed by atoms with E-state index in [1.54, 1.807) is 0 Å². The minimum absolute atomic E-state index is 0.00968. The SMILES string of the molecule is CC1(C)CN(C(=O)C[C@@H]2COC(=O)C2)C[C@](C)(C(F)(F)F)O1. The Kier molecular flexibility index (Phi) is 4.18. The molecule has 0 saturated carbocycles. The van der Waals surface area contributed by atoms with Gasteiger partial charge in [-0.05, 0) is 20.8 Å². The molecular formula is C14H20F3NO4. The third-order valence-electron chi connectivity index (χ3n) is 3.92. The van der Waals surface area contributed by atoms with Gasteiger partial charge in [0.15, 0.2) is 5.60 Å². The lowest BCUT2D eigenvalue weighted by molar-refractivity contribution is -0.320. The standard InChI is InChI=1S/C14H20F3NO4/c1-12(2)7-18(8-13(3,22-12)14(15,16)17)10(19)4-9-5-11(20)21-6-9/h9H,4-8H2,1-3H3/t9-,13+/m0/s1. The van der Waals surface area contributed by atoms with Crippen molar-refractivity contribution in [3.63, 3.8) is 0 Å². The molecule has 2 aliphatic rings. The smallest absolute Gasteiger partial charge is 0.418 e. The van der Waals surface area contributed by atoms with Crippen LogP contribution in [0.4, 0.5) is 13.2 Å². The van der Waals surface area contributed by atoms with E-state index >= 15 is 0 Å². The molecule has 2 heterocycles. The molecule has 22 heavy (non-hydrogen) atoms. The van der Waals surface area contributed by atoms with Gasteiger partial charge in [-0.25, -0.2) is 0 Å². The molecule has 0 aromatic carbocycles. The molecule has 2 atom stereocenters. The Morgan fingerprint density at radius 2 is 1.95 bits per heavy atom. The summed E-state index contributed by atoms with van der Waals surface area (Å²) < 4.78 is 49.7. The van der Waals surface area contributed by atoms with E-state index in [1.807, 2.05) is 0 Å². The second-order valence-corrected chi connectivity index (χ2v) is 6.80. The Morgan fingerprint density at radius 3 is 2.45 bits per heavy atom. The van der Waals surface area contributed by atoms with Crippen LogP contribution in [0.5, 0.6) is 0 Å². The second-order valence-electron chi connectivity index (χ2n) is 6.80. The maximum absolute atomic E-state index is 13.2. The number of carbonyl (C=O) groups is 2. The minimum Gasteiger partial charge on any atom is -0.465 e. The van der Waals surface area contributed by atoms with Crippen molar-refractivity contribution in [1.29, 1.82) is 0 Å². The molecule has 0 N–H and O–H groups in total. The van der Waals surface area contributed by atoms with Gasteiger partial charge in [0.2, 0.25) is 5.91 Å². The summed E-state index contributed by atoms with van der Waals surface area (Å²) in [5.74, 6) is -1.04. The van der Waals surface area contributed by atoms with Gasteiger partial charge in [-0.15, -0.1) is 0 Å². The fraction of sp³-hybridized carbons (Fsp3) is 0.857. The van der Waals surface area contributed by atoms with Gasteiger partial charge in [0.25, 0.3) is 0 Å². The molecule has 0 spiro atoms. The van der Waals surface area contributed by atoms with Crippen LogP contribution in [0.2, 0.25) is 0 Å². The maximum atomic E-state index is 13.2. The molecule has 0 aromatic rings. The normalized spacial score (nSPS) is 32.0. The van der Waals surface area contributed by atoms with Crippen LogP contribution < -0.4 is 0 Å². The molecule has 0 unspecified atom stereocenters. The van der Waals surface area contributed by atoms with Gasteiger partial charge in [0.05, 0.1) is 25.2 Å². The van der Waals surface area contributed by atoms with Gasteiger partial charge < -0.3 is 14.4 Å². The summed E-state index contributed by atoms with van der Waals surface area (Å²) in [6.45, 7) is 3.70. The molecule has 5 nitrogen and oxygen atoms in total. The van der Waals surface area contributed by atoms with Crippen molar-refractivity contribution in [2.75, 3.05) is 19.7 Å². The summed E-state index contributed by atoms with van der Waals surface area (Å²) in [7, 11) is 0. The first kappa shape index (κ1) is 17.1. The highest BCUT2D eigenvalue weighted by atomic mass is 19.4. The molecule has 2 rings (SSSR count). The number of alkyl halides is 3. The third-order valence-corrected chi connectivity index (χ3v) is 3.92. The Balaban J connectivity index is 2.09. The van der Waals surface area contributed by atoms with Crippen molar-refractivity contribution in [3.05, 3.63) is 0 Å². The van der Waals surface area contributed by atoms with Crippen LogP contribution in [0.1, 0.15) is 33.6 Å². The first-order valence-electron chi connectivity index (χ1n) is 7.12. The number of rotatable bonds is 2. The van der Waals surface area contributed by atoms with E-state index in [4.69, 9.17) is 9.47 Å². The van der Waals surface area contributed by atoms with E-state index in [0.29, 0.717) is 0 Å². The Morgan fingerprint density at radius 1 is 1.32 bits per heavy atom. The summed E-state index contributed by atoms with van der Waals surface area (Å²) in [6.07, 6.45) is -4.43. The van der Waals surface area contributed by atoms with E-state index in [1.165, 1.54) is 18.7 Å². The highest BCUT2D eigenvalue weighted by Gasteiger charge is 2.58. The highest BCUT2D eigenvalue weighted by Crippen LogP contribution is 2.40. The number of carbonyl (C=O) groups excluding carboxylic acids is 2. The van der Waals surface area contributed by atoms with E-state index in [9.17, 15) is 22.8 Å². The second kappa shape index (κ2) is 5.40. The summed E-state index contributed by atoms with van der Waals surface area (Å²) in [6, 6.07) is 0. The molecule has 2 saturated heterocycles. The van der Waals surface area contributed by atoms with Crippen LogP contribution in [0, 0.1) is 5.92 Å². The zero-order valence-corrected chi connectivity index (χ0v) is 12.8. The van der Waals surface area contributed by atoms with Crippen LogP contribution >= 0.6 is 0 Å². The van der Waals surface area contributed by atoms with Crippen LogP contribution in [0.25, 0.3) is 0 Å². The number of cyclic esters (lactones) is 1. The van der Waals surface area contributed by atoms with Gasteiger partial charge in [-0.1, -0.05) is 0 Å². The molecule has 0 aliphatic carbocycles. The lowest BCUT2D eigenvalue weighted by Crippen LogP contribution is -2.65. The van der Waals surface area contributed by atoms with Gasteiger partial charge >= 0.3 is 12.1 Å². The molecule has 2 aliphatic heterocycles. The first-order valence-corrected chi connectivity index (χ1v) is 7.12. The average molecular weight is 323 g/mol. The summed E-state index contributed by atoms with van der Waals surface area (Å²) in [5, 5.41) is 0. The van der Waals surface area contributed by atoms with Crippen LogP contribution in [0.15, 0.2) is 0 Å². The molecule has 0 bridgehead atoms. The molecule has 8 heteroatoms. The Hall–Kier alpha value is -1.31. The number of amides is 1. The van der Waals surface area contributed by atoms with Gasteiger partial charge in [-0.3, -0.25) is 9.59 Å². The zero-order valence-electron chi connectivity index (χ0n) is 12.8. The fourth-order valence-electron chi connectivity index (χ4n) is 2.95. The lowest BCUT2D eigenvalue weighted by atomic mass is 9.95. The predicted molar refractivity (Wildman–Crippen MR) is 69.9 cm³/mol. The molecule has 2 fully saturated rings. The van der Waals surface area contributed by atoms with Crippen LogP contribution in [0.3, 0.4) is 0 Å². The van der Waals surface area contributed by atoms with Crippen molar-refractivity contribution in [2.24, 2.45) is 5.92 Å². The van der Waals surface area contributed by atoms with Crippen molar-refractivity contribution in [2.45, 2.75) is 51.0 Å². The number of esters is 1. The van der Waals surface area contributed by atoms with E-state index in [0.717, 1.165) is 6.92 Å². The predicted octanol–water partition coefficient (Wildman–Crippen LogP) is 1.90. The maximum Gasteiger partial charge on any atom is 0.418 e. The summed E-state index contributed by atoms with van der Waals surface area (Å²) in [4.78, 5) is 24.5. The van der Waals surface area contributed by atoms with Gasteiger partial charge in [0.1, 0.15) is 0 Å². The molecule has 126 valence electrons. The van der Waals surface area contributed by atoms with Gasteiger partial charge in [-0.2, -0.15) is 13.2 Å². The molecular weight excluding hydrogens is 303 g/mol.